The minimum Gasteiger partial charge on any atom is -0.478 e. The standard InChI is InChI=1S/C15H23NO2.ClH/c1-2-3-4-5-6-11-16-12-13-7-9-14(10-8-13)15(17)18;/h7-10,16H,2-6,11-12H2,1H3,(H,17,18);1H. The Labute approximate surface area is 121 Å². The SMILES string of the molecule is CCCCCCCNCc1ccc(C(=O)O)cc1.Cl. The van der Waals surface area contributed by atoms with Gasteiger partial charge in [-0.25, -0.2) is 4.79 Å². The third-order valence-corrected chi connectivity index (χ3v) is 2.99. The predicted molar refractivity (Wildman–Crippen MR) is 81.1 cm³/mol. The van der Waals surface area contributed by atoms with Crippen LogP contribution in [0.2, 0.25) is 0 Å². The number of hydrogen-bond donors (Lipinski definition) is 2. The quantitative estimate of drug-likeness (QED) is 0.677. The van der Waals surface area contributed by atoms with E-state index in [0.717, 1.165) is 18.7 Å². The molecule has 0 aliphatic carbocycles. The Kier molecular flexibility index (Phi) is 10.2. The van der Waals surface area contributed by atoms with E-state index in [1.54, 1.807) is 12.1 Å². The zero-order chi connectivity index (χ0) is 13.2. The van der Waals surface area contributed by atoms with Gasteiger partial charge < -0.3 is 10.4 Å². The lowest BCUT2D eigenvalue weighted by molar-refractivity contribution is 0.0697. The van der Waals surface area contributed by atoms with Crippen LogP contribution in [0, 0.1) is 0 Å². The number of carboxylic acid groups (broad SMARTS) is 1. The van der Waals surface area contributed by atoms with Crippen LogP contribution in [-0.4, -0.2) is 17.6 Å². The van der Waals surface area contributed by atoms with Gasteiger partial charge in [-0.15, -0.1) is 12.4 Å². The highest BCUT2D eigenvalue weighted by Crippen LogP contribution is 2.05. The van der Waals surface area contributed by atoms with E-state index in [9.17, 15) is 4.79 Å². The van der Waals surface area contributed by atoms with E-state index in [-0.39, 0.29) is 12.4 Å². The Morgan fingerprint density at radius 2 is 1.74 bits per heavy atom. The molecule has 0 saturated carbocycles. The van der Waals surface area contributed by atoms with Crippen LogP contribution < -0.4 is 5.32 Å². The molecule has 19 heavy (non-hydrogen) atoms. The topological polar surface area (TPSA) is 49.3 Å². The first kappa shape index (κ1) is 17.9. The summed E-state index contributed by atoms with van der Waals surface area (Å²) in [5.41, 5.74) is 1.48. The highest BCUT2D eigenvalue weighted by Gasteiger charge is 2.01. The Morgan fingerprint density at radius 1 is 1.11 bits per heavy atom. The molecule has 0 heterocycles. The molecule has 4 heteroatoms. The van der Waals surface area contributed by atoms with Gasteiger partial charge in [0.1, 0.15) is 0 Å². The van der Waals surface area contributed by atoms with Gasteiger partial charge in [0, 0.05) is 6.54 Å². The number of hydrogen-bond acceptors (Lipinski definition) is 2. The smallest absolute Gasteiger partial charge is 0.335 e. The normalized spacial score (nSPS) is 9.95. The predicted octanol–water partition coefficient (Wildman–Crippen LogP) is 3.87. The number of carbonyl (C=O) groups is 1. The second-order valence-electron chi connectivity index (χ2n) is 4.59. The zero-order valence-electron chi connectivity index (χ0n) is 11.5. The van der Waals surface area contributed by atoms with Crippen LogP contribution in [0.1, 0.15) is 54.9 Å². The lowest BCUT2D eigenvalue weighted by atomic mass is 10.1. The average molecular weight is 286 g/mol. The third-order valence-electron chi connectivity index (χ3n) is 2.99. The molecule has 1 aromatic rings. The number of halogens is 1. The van der Waals surface area contributed by atoms with Crippen molar-refractivity contribution in [3.05, 3.63) is 35.4 Å². The van der Waals surface area contributed by atoms with Crippen LogP contribution in [-0.2, 0) is 6.54 Å². The molecular weight excluding hydrogens is 262 g/mol. The molecule has 0 unspecified atom stereocenters. The molecule has 0 aliphatic rings. The fourth-order valence-electron chi connectivity index (χ4n) is 1.85. The molecule has 1 rings (SSSR count). The summed E-state index contributed by atoms with van der Waals surface area (Å²) in [6.45, 7) is 4.07. The van der Waals surface area contributed by atoms with Crippen LogP contribution in [0.4, 0.5) is 0 Å². The maximum atomic E-state index is 10.7. The van der Waals surface area contributed by atoms with Crippen LogP contribution in [0.25, 0.3) is 0 Å². The Bertz CT molecular complexity index is 352. The highest BCUT2D eigenvalue weighted by molar-refractivity contribution is 5.87. The first-order valence-electron chi connectivity index (χ1n) is 6.77. The average Bonchev–Trinajstić information content (AvgIpc) is 2.38. The molecule has 0 spiro atoms. The summed E-state index contributed by atoms with van der Waals surface area (Å²) in [5.74, 6) is -0.870. The van der Waals surface area contributed by atoms with Crippen LogP contribution in [0.3, 0.4) is 0 Å². The lowest BCUT2D eigenvalue weighted by Crippen LogP contribution is -2.14. The molecule has 2 N–H and O–H groups in total. The number of unbranched alkanes of at least 4 members (excludes halogenated alkanes) is 4. The van der Waals surface area contributed by atoms with Crippen molar-refractivity contribution in [2.24, 2.45) is 0 Å². The molecule has 0 saturated heterocycles. The number of benzene rings is 1. The van der Waals surface area contributed by atoms with E-state index in [0.29, 0.717) is 5.56 Å². The maximum absolute atomic E-state index is 10.7. The minimum absolute atomic E-state index is 0. The second-order valence-corrected chi connectivity index (χ2v) is 4.59. The largest absolute Gasteiger partial charge is 0.478 e. The van der Waals surface area contributed by atoms with Crippen molar-refractivity contribution in [1.29, 1.82) is 0 Å². The fourth-order valence-corrected chi connectivity index (χ4v) is 1.85. The Balaban J connectivity index is 0.00000324. The number of aromatic carboxylic acids is 1. The molecule has 0 aromatic heterocycles. The number of carboxylic acids is 1. The van der Waals surface area contributed by atoms with Crippen molar-refractivity contribution >= 4 is 18.4 Å². The van der Waals surface area contributed by atoms with Crippen molar-refractivity contribution < 1.29 is 9.90 Å². The highest BCUT2D eigenvalue weighted by atomic mass is 35.5. The van der Waals surface area contributed by atoms with E-state index in [1.807, 2.05) is 12.1 Å². The van der Waals surface area contributed by atoms with Crippen molar-refractivity contribution in [1.82, 2.24) is 5.32 Å². The summed E-state index contributed by atoms with van der Waals surface area (Å²) in [6.07, 6.45) is 6.44. The van der Waals surface area contributed by atoms with E-state index < -0.39 is 5.97 Å². The van der Waals surface area contributed by atoms with Gasteiger partial charge in [-0.2, -0.15) is 0 Å². The summed E-state index contributed by atoms with van der Waals surface area (Å²) in [4.78, 5) is 10.7. The zero-order valence-corrected chi connectivity index (χ0v) is 12.3. The van der Waals surface area contributed by atoms with Gasteiger partial charge in [-0.1, -0.05) is 44.7 Å². The van der Waals surface area contributed by atoms with Gasteiger partial charge in [0.05, 0.1) is 5.56 Å². The molecule has 3 nitrogen and oxygen atoms in total. The maximum Gasteiger partial charge on any atom is 0.335 e. The minimum atomic E-state index is -0.870. The first-order chi connectivity index (χ1) is 8.74. The van der Waals surface area contributed by atoms with Crippen LogP contribution >= 0.6 is 12.4 Å². The van der Waals surface area contributed by atoms with Gasteiger partial charge in [0.2, 0.25) is 0 Å². The number of rotatable bonds is 9. The molecule has 0 aliphatic heterocycles. The molecule has 0 fully saturated rings. The van der Waals surface area contributed by atoms with Gasteiger partial charge >= 0.3 is 5.97 Å². The first-order valence-corrected chi connectivity index (χ1v) is 6.77. The van der Waals surface area contributed by atoms with Crippen molar-refractivity contribution in [2.45, 2.75) is 45.6 Å². The molecule has 0 bridgehead atoms. The Morgan fingerprint density at radius 3 is 2.32 bits per heavy atom. The van der Waals surface area contributed by atoms with Crippen molar-refractivity contribution in [3.63, 3.8) is 0 Å². The summed E-state index contributed by atoms with van der Waals surface area (Å²) in [6, 6.07) is 7.04. The summed E-state index contributed by atoms with van der Waals surface area (Å²) >= 11 is 0. The molecule has 0 atom stereocenters. The van der Waals surface area contributed by atoms with Gasteiger partial charge in [-0.05, 0) is 30.7 Å². The van der Waals surface area contributed by atoms with E-state index in [4.69, 9.17) is 5.11 Å². The molecule has 108 valence electrons. The van der Waals surface area contributed by atoms with E-state index >= 15 is 0 Å². The van der Waals surface area contributed by atoms with Crippen molar-refractivity contribution in [3.8, 4) is 0 Å². The molecule has 0 radical (unpaired) electrons. The summed E-state index contributed by atoms with van der Waals surface area (Å²) in [7, 11) is 0. The monoisotopic (exact) mass is 285 g/mol. The third kappa shape index (κ3) is 7.85. The number of nitrogens with one attached hydrogen (secondary N) is 1. The molecule has 1 aromatic carbocycles. The molecule has 0 amide bonds. The summed E-state index contributed by atoms with van der Waals surface area (Å²) < 4.78 is 0. The second kappa shape index (κ2) is 10.8. The van der Waals surface area contributed by atoms with E-state index in [2.05, 4.69) is 12.2 Å². The van der Waals surface area contributed by atoms with Crippen LogP contribution in [0.5, 0.6) is 0 Å². The van der Waals surface area contributed by atoms with Gasteiger partial charge in [0.25, 0.3) is 0 Å². The Hall–Kier alpha value is -1.06. The lowest BCUT2D eigenvalue weighted by Gasteiger charge is -2.05. The van der Waals surface area contributed by atoms with E-state index in [1.165, 1.54) is 32.1 Å². The van der Waals surface area contributed by atoms with Gasteiger partial charge in [-0.3, -0.25) is 0 Å². The van der Waals surface area contributed by atoms with Crippen LogP contribution in [0.15, 0.2) is 24.3 Å². The van der Waals surface area contributed by atoms with Crippen molar-refractivity contribution in [2.75, 3.05) is 6.54 Å². The van der Waals surface area contributed by atoms with Gasteiger partial charge in [0.15, 0.2) is 0 Å². The summed E-state index contributed by atoms with van der Waals surface area (Å²) in [5, 5.41) is 12.2. The fraction of sp³-hybridized carbons (Fsp3) is 0.533. The molecular formula is C15H24ClNO2.